The van der Waals surface area contributed by atoms with Gasteiger partial charge in [0.2, 0.25) is 5.88 Å². The zero-order valence-corrected chi connectivity index (χ0v) is 11.4. The molecule has 3 rings (SSSR count). The monoisotopic (exact) mass is 277 g/mol. The van der Waals surface area contributed by atoms with Crippen molar-refractivity contribution in [3.05, 3.63) is 72.4 Å². The van der Waals surface area contributed by atoms with Crippen LogP contribution >= 0.6 is 0 Å². The Morgan fingerprint density at radius 2 is 1.57 bits per heavy atom. The lowest BCUT2D eigenvalue weighted by Crippen LogP contribution is -2.01. The molecule has 0 saturated heterocycles. The second-order valence-corrected chi connectivity index (χ2v) is 4.53. The van der Waals surface area contributed by atoms with Crippen LogP contribution in [0.5, 0.6) is 11.6 Å². The third kappa shape index (κ3) is 3.07. The Hall–Kier alpha value is -2.72. The van der Waals surface area contributed by atoms with Gasteiger partial charge in [-0.25, -0.2) is 0 Å². The first-order valence-corrected chi connectivity index (χ1v) is 6.72. The van der Waals surface area contributed by atoms with Crippen LogP contribution in [-0.2, 0) is 6.54 Å². The van der Waals surface area contributed by atoms with Crippen molar-refractivity contribution in [2.24, 2.45) is 5.73 Å². The quantitative estimate of drug-likeness (QED) is 0.794. The lowest BCUT2D eigenvalue weighted by molar-refractivity contribution is 0.455. The van der Waals surface area contributed by atoms with Gasteiger partial charge in [-0.2, -0.15) is 5.10 Å². The minimum Gasteiger partial charge on any atom is -0.437 e. The van der Waals surface area contributed by atoms with E-state index < -0.39 is 0 Å². The summed E-state index contributed by atoms with van der Waals surface area (Å²) in [4.78, 5) is 0. The molecular weight excluding hydrogens is 262 g/mol. The molecule has 0 unspecified atom stereocenters. The van der Waals surface area contributed by atoms with E-state index in [0.717, 1.165) is 22.6 Å². The summed E-state index contributed by atoms with van der Waals surface area (Å²) >= 11 is 0. The highest BCUT2D eigenvalue weighted by molar-refractivity contribution is 5.70. The van der Waals surface area contributed by atoms with E-state index in [4.69, 9.17) is 10.5 Å². The molecule has 21 heavy (non-hydrogen) atoms. The Kier molecular flexibility index (Phi) is 3.89. The van der Waals surface area contributed by atoms with Gasteiger partial charge in [0.25, 0.3) is 0 Å². The highest BCUT2D eigenvalue weighted by Crippen LogP contribution is 2.32. The van der Waals surface area contributed by atoms with Crippen LogP contribution in [0.1, 0.15) is 5.69 Å². The average molecular weight is 277 g/mol. The predicted molar refractivity (Wildman–Crippen MR) is 81.9 cm³/mol. The first-order valence-electron chi connectivity index (χ1n) is 6.72. The molecule has 0 fully saturated rings. The second-order valence-electron chi connectivity index (χ2n) is 4.53. The Bertz CT molecular complexity index is 712. The summed E-state index contributed by atoms with van der Waals surface area (Å²) in [5, 5.41) is 8.02. The molecule has 0 aliphatic rings. The molecule has 0 amide bonds. The maximum Gasteiger partial charge on any atom is 0.238 e. The van der Waals surface area contributed by atoms with E-state index in [0.29, 0.717) is 12.4 Å². The maximum absolute atomic E-state index is 5.85. The van der Waals surface area contributed by atoms with Crippen LogP contribution < -0.4 is 10.5 Å². The second kappa shape index (κ2) is 6.15. The number of aromatic nitrogens is 2. The van der Waals surface area contributed by atoms with Gasteiger partial charge in [-0.1, -0.05) is 48.5 Å². The molecule has 104 valence electrons. The van der Waals surface area contributed by atoms with E-state index in [-0.39, 0.29) is 0 Å². The molecule has 0 bridgehead atoms. The smallest absolute Gasteiger partial charge is 0.238 e. The number of rotatable bonds is 4. The molecule has 2 aromatic carbocycles. The van der Waals surface area contributed by atoms with Crippen molar-refractivity contribution < 1.29 is 4.74 Å². The van der Waals surface area contributed by atoms with Crippen LogP contribution in [0.4, 0.5) is 0 Å². The van der Waals surface area contributed by atoms with Crippen molar-refractivity contribution in [1.29, 1.82) is 0 Å². The van der Waals surface area contributed by atoms with Crippen molar-refractivity contribution in [1.82, 2.24) is 10.2 Å². The molecule has 0 aliphatic heterocycles. The third-order valence-corrected chi connectivity index (χ3v) is 3.09. The highest BCUT2D eigenvalue weighted by atomic mass is 16.5. The lowest BCUT2D eigenvalue weighted by atomic mass is 10.1. The van der Waals surface area contributed by atoms with E-state index in [2.05, 4.69) is 10.2 Å². The molecule has 1 heterocycles. The molecule has 0 saturated carbocycles. The van der Waals surface area contributed by atoms with Crippen molar-refractivity contribution >= 4 is 0 Å². The summed E-state index contributed by atoms with van der Waals surface area (Å²) < 4.78 is 5.85. The van der Waals surface area contributed by atoms with E-state index in [1.165, 1.54) is 0 Å². The molecule has 0 aliphatic carbocycles. The predicted octanol–water partition coefficient (Wildman–Crippen LogP) is 3.39. The molecular formula is C17H15N3O. The molecule has 0 atom stereocenters. The minimum atomic E-state index is 0.369. The molecule has 3 aromatic rings. The van der Waals surface area contributed by atoms with Gasteiger partial charge >= 0.3 is 0 Å². The van der Waals surface area contributed by atoms with Gasteiger partial charge in [0.05, 0.1) is 5.69 Å². The number of benzene rings is 2. The fraction of sp³-hybridized carbons (Fsp3) is 0.0588. The summed E-state index contributed by atoms with van der Waals surface area (Å²) in [7, 11) is 0. The summed E-state index contributed by atoms with van der Waals surface area (Å²) in [6.07, 6.45) is 0. The number of hydrogen-bond donors (Lipinski definition) is 1. The van der Waals surface area contributed by atoms with Gasteiger partial charge in [0, 0.05) is 18.2 Å². The SMILES string of the molecule is NCc1ccc(Oc2ccccc2-c2ccccc2)nn1. The van der Waals surface area contributed by atoms with Gasteiger partial charge in [-0.05, 0) is 17.7 Å². The van der Waals surface area contributed by atoms with Crippen LogP contribution in [-0.4, -0.2) is 10.2 Å². The zero-order valence-electron chi connectivity index (χ0n) is 11.4. The zero-order chi connectivity index (χ0) is 14.5. The Morgan fingerprint density at radius 3 is 2.29 bits per heavy atom. The molecule has 0 radical (unpaired) electrons. The van der Waals surface area contributed by atoms with Gasteiger partial charge in [-0.3, -0.25) is 0 Å². The number of nitrogens with zero attached hydrogens (tertiary/aromatic N) is 2. The number of ether oxygens (including phenoxy) is 1. The minimum absolute atomic E-state index is 0.369. The highest BCUT2D eigenvalue weighted by Gasteiger charge is 2.07. The summed E-state index contributed by atoms with van der Waals surface area (Å²) in [6, 6.07) is 21.5. The van der Waals surface area contributed by atoms with E-state index >= 15 is 0 Å². The fourth-order valence-electron chi connectivity index (χ4n) is 2.04. The lowest BCUT2D eigenvalue weighted by Gasteiger charge is -2.10. The third-order valence-electron chi connectivity index (χ3n) is 3.09. The molecule has 1 aromatic heterocycles. The topological polar surface area (TPSA) is 61.0 Å². The van der Waals surface area contributed by atoms with Crippen molar-refractivity contribution in [3.63, 3.8) is 0 Å². The van der Waals surface area contributed by atoms with Gasteiger partial charge < -0.3 is 10.5 Å². The van der Waals surface area contributed by atoms with Crippen molar-refractivity contribution in [2.45, 2.75) is 6.54 Å². The van der Waals surface area contributed by atoms with Crippen LogP contribution in [0.15, 0.2) is 66.7 Å². The van der Waals surface area contributed by atoms with Crippen LogP contribution in [0.3, 0.4) is 0 Å². The van der Waals surface area contributed by atoms with E-state index in [9.17, 15) is 0 Å². The summed E-state index contributed by atoms with van der Waals surface area (Å²) in [5.41, 5.74) is 8.36. The first-order chi connectivity index (χ1) is 10.4. The molecule has 0 spiro atoms. The summed E-state index contributed by atoms with van der Waals surface area (Å²) in [6.45, 7) is 0.369. The largest absolute Gasteiger partial charge is 0.437 e. The van der Waals surface area contributed by atoms with Crippen molar-refractivity contribution in [3.8, 4) is 22.8 Å². The molecule has 4 heteroatoms. The number of hydrogen-bond acceptors (Lipinski definition) is 4. The van der Waals surface area contributed by atoms with Gasteiger partial charge in [0.1, 0.15) is 5.75 Å². The van der Waals surface area contributed by atoms with Crippen molar-refractivity contribution in [2.75, 3.05) is 0 Å². The average Bonchev–Trinajstić information content (AvgIpc) is 2.57. The van der Waals surface area contributed by atoms with Crippen LogP contribution in [0, 0.1) is 0 Å². The van der Waals surface area contributed by atoms with Crippen LogP contribution in [0.25, 0.3) is 11.1 Å². The van der Waals surface area contributed by atoms with Crippen LogP contribution in [0.2, 0.25) is 0 Å². The number of para-hydroxylation sites is 1. The standard InChI is InChI=1S/C17H15N3O/c18-12-14-10-11-17(20-19-14)21-16-9-5-4-8-15(16)13-6-2-1-3-7-13/h1-11H,12,18H2. The summed E-state index contributed by atoms with van der Waals surface area (Å²) in [5.74, 6) is 1.20. The maximum atomic E-state index is 5.85. The van der Waals surface area contributed by atoms with E-state index in [1.54, 1.807) is 6.07 Å². The Labute approximate surface area is 123 Å². The Morgan fingerprint density at radius 1 is 0.810 bits per heavy atom. The molecule has 2 N–H and O–H groups in total. The molecule has 4 nitrogen and oxygen atoms in total. The number of nitrogens with two attached hydrogens (primary N) is 1. The normalized spacial score (nSPS) is 10.3. The first kappa shape index (κ1) is 13.3. The van der Waals surface area contributed by atoms with Gasteiger partial charge in [-0.15, -0.1) is 5.10 Å². The van der Waals surface area contributed by atoms with Gasteiger partial charge in [0.15, 0.2) is 0 Å². The van der Waals surface area contributed by atoms with E-state index in [1.807, 2.05) is 60.7 Å². The Balaban J connectivity index is 1.92. The fourth-order valence-corrected chi connectivity index (χ4v) is 2.04.